The monoisotopic (exact) mass is 193 g/mol. The van der Waals surface area contributed by atoms with E-state index in [-0.39, 0.29) is 0 Å². The molecule has 2 aromatic heterocycles. The Bertz CT molecular complexity index is 356. The maximum absolute atomic E-state index is 9.18. The molecule has 5 nitrogen and oxygen atoms in total. The predicted molar refractivity (Wildman–Crippen MR) is 50.7 cm³/mol. The normalized spacial score (nSPS) is 8.93. The summed E-state index contributed by atoms with van der Waals surface area (Å²) in [6.07, 6.45) is 5.27. The minimum absolute atomic E-state index is 0.431. The van der Waals surface area contributed by atoms with Gasteiger partial charge in [0, 0.05) is 18.6 Å². The first kappa shape index (κ1) is 10.2. The van der Waals surface area contributed by atoms with Crippen LogP contribution in [0.5, 0.6) is 0 Å². The van der Waals surface area contributed by atoms with E-state index in [0.29, 0.717) is 13.1 Å². The summed E-state index contributed by atoms with van der Waals surface area (Å²) < 4.78 is 5.88. The number of carbonyl (C=O) groups excluding carboxylic acids is 1. The van der Waals surface area contributed by atoms with E-state index < -0.39 is 0 Å². The van der Waals surface area contributed by atoms with Crippen LogP contribution in [-0.2, 0) is 9.53 Å². The predicted octanol–water partition coefficient (Wildman–Crippen LogP) is 0.909. The SMILES string of the molecule is CCOC=O.c1cnn2ccnc2c1. The quantitative estimate of drug-likeness (QED) is 0.665. The van der Waals surface area contributed by atoms with Crippen molar-refractivity contribution in [3.05, 3.63) is 30.7 Å². The van der Waals surface area contributed by atoms with Crippen LogP contribution in [-0.4, -0.2) is 27.7 Å². The molecule has 0 atom stereocenters. The summed E-state index contributed by atoms with van der Waals surface area (Å²) in [6, 6.07) is 3.77. The maximum atomic E-state index is 9.18. The Balaban J connectivity index is 0.000000171. The van der Waals surface area contributed by atoms with Gasteiger partial charge in [0.15, 0.2) is 5.65 Å². The summed E-state index contributed by atoms with van der Waals surface area (Å²) in [5.41, 5.74) is 0.887. The number of carbonyl (C=O) groups is 1. The smallest absolute Gasteiger partial charge is 0.293 e. The Labute approximate surface area is 81.3 Å². The molecule has 0 aromatic carbocycles. The number of nitrogens with zero attached hydrogens (tertiary/aromatic N) is 3. The Morgan fingerprint density at radius 3 is 3.00 bits per heavy atom. The highest BCUT2D eigenvalue weighted by Gasteiger charge is 1.86. The molecule has 0 fully saturated rings. The molecule has 2 aromatic rings. The van der Waals surface area contributed by atoms with E-state index in [1.54, 1.807) is 23.8 Å². The van der Waals surface area contributed by atoms with Crippen LogP contribution in [0.4, 0.5) is 0 Å². The number of rotatable bonds is 2. The van der Waals surface area contributed by atoms with Gasteiger partial charge in [0.1, 0.15) is 0 Å². The lowest BCUT2D eigenvalue weighted by atomic mass is 10.6. The van der Waals surface area contributed by atoms with E-state index >= 15 is 0 Å². The average molecular weight is 193 g/mol. The molecular formula is C9H11N3O2. The van der Waals surface area contributed by atoms with Crippen molar-refractivity contribution in [1.82, 2.24) is 14.6 Å². The van der Waals surface area contributed by atoms with Crippen molar-refractivity contribution in [3.8, 4) is 0 Å². The lowest BCUT2D eigenvalue weighted by Gasteiger charge is -1.85. The third-order valence-electron chi connectivity index (χ3n) is 1.41. The van der Waals surface area contributed by atoms with Crippen molar-refractivity contribution in [2.45, 2.75) is 6.92 Å². The van der Waals surface area contributed by atoms with Crippen molar-refractivity contribution < 1.29 is 9.53 Å². The molecule has 14 heavy (non-hydrogen) atoms. The fourth-order valence-corrected chi connectivity index (χ4v) is 0.833. The fraction of sp³-hybridized carbons (Fsp3) is 0.222. The minimum atomic E-state index is 0.431. The molecule has 0 aliphatic carbocycles. The van der Waals surface area contributed by atoms with Gasteiger partial charge in [0.2, 0.25) is 0 Å². The Hall–Kier alpha value is -1.91. The summed E-state index contributed by atoms with van der Waals surface area (Å²) in [5.74, 6) is 0. The van der Waals surface area contributed by atoms with Crippen molar-refractivity contribution in [2.75, 3.05) is 6.61 Å². The largest absolute Gasteiger partial charge is 0.468 e. The molecule has 2 heterocycles. The van der Waals surface area contributed by atoms with E-state index in [2.05, 4.69) is 14.8 Å². The number of imidazole rings is 1. The van der Waals surface area contributed by atoms with Crippen LogP contribution in [0.2, 0.25) is 0 Å². The average Bonchev–Trinajstić information content (AvgIpc) is 2.67. The number of hydrogen-bond donors (Lipinski definition) is 0. The zero-order valence-corrected chi connectivity index (χ0v) is 7.83. The van der Waals surface area contributed by atoms with Crippen LogP contribution < -0.4 is 0 Å². The Kier molecular flexibility index (Phi) is 4.13. The zero-order valence-electron chi connectivity index (χ0n) is 7.83. The first-order valence-corrected chi connectivity index (χ1v) is 4.18. The Morgan fingerprint density at radius 2 is 2.43 bits per heavy atom. The Morgan fingerprint density at radius 1 is 1.57 bits per heavy atom. The lowest BCUT2D eigenvalue weighted by molar-refractivity contribution is -0.128. The van der Waals surface area contributed by atoms with E-state index in [0.717, 1.165) is 5.65 Å². The topological polar surface area (TPSA) is 56.5 Å². The summed E-state index contributed by atoms with van der Waals surface area (Å²) in [7, 11) is 0. The van der Waals surface area contributed by atoms with Gasteiger partial charge in [-0.1, -0.05) is 0 Å². The maximum Gasteiger partial charge on any atom is 0.293 e. The highest BCUT2D eigenvalue weighted by molar-refractivity contribution is 5.36. The molecule has 0 amide bonds. The summed E-state index contributed by atoms with van der Waals surface area (Å²) in [6.45, 7) is 2.66. The summed E-state index contributed by atoms with van der Waals surface area (Å²) in [4.78, 5) is 13.2. The molecule has 5 heteroatoms. The number of hydrogen-bond acceptors (Lipinski definition) is 4. The number of aromatic nitrogens is 3. The second kappa shape index (κ2) is 5.69. The van der Waals surface area contributed by atoms with Crippen molar-refractivity contribution in [3.63, 3.8) is 0 Å². The van der Waals surface area contributed by atoms with Crippen LogP contribution >= 0.6 is 0 Å². The first-order valence-electron chi connectivity index (χ1n) is 4.18. The van der Waals surface area contributed by atoms with Gasteiger partial charge >= 0.3 is 0 Å². The van der Waals surface area contributed by atoms with Crippen LogP contribution in [0.15, 0.2) is 30.7 Å². The molecule has 2 rings (SSSR count). The van der Waals surface area contributed by atoms with Crippen molar-refractivity contribution in [2.24, 2.45) is 0 Å². The number of fused-ring (bicyclic) bond motifs is 1. The summed E-state index contributed by atoms with van der Waals surface area (Å²) >= 11 is 0. The van der Waals surface area contributed by atoms with Crippen LogP contribution in [0, 0.1) is 0 Å². The van der Waals surface area contributed by atoms with Crippen LogP contribution in [0.3, 0.4) is 0 Å². The standard InChI is InChI=1S/C6H5N3.C3H6O2/c1-2-6-7-4-5-9(6)8-3-1;1-2-5-3-4/h1-5H;3H,2H2,1H3. The van der Waals surface area contributed by atoms with Gasteiger partial charge in [-0.2, -0.15) is 5.10 Å². The second-order valence-corrected chi connectivity index (χ2v) is 2.31. The molecule has 0 bridgehead atoms. The van der Waals surface area contributed by atoms with Gasteiger partial charge in [0.25, 0.3) is 6.47 Å². The van der Waals surface area contributed by atoms with Gasteiger partial charge < -0.3 is 4.74 Å². The van der Waals surface area contributed by atoms with Gasteiger partial charge in [-0.3, -0.25) is 4.79 Å². The van der Waals surface area contributed by atoms with Gasteiger partial charge in [-0.05, 0) is 19.1 Å². The van der Waals surface area contributed by atoms with Crippen molar-refractivity contribution >= 4 is 12.1 Å². The van der Waals surface area contributed by atoms with Gasteiger partial charge in [-0.25, -0.2) is 9.50 Å². The molecule has 0 radical (unpaired) electrons. The number of ether oxygens (including phenoxy) is 1. The third-order valence-corrected chi connectivity index (χ3v) is 1.41. The second-order valence-electron chi connectivity index (χ2n) is 2.31. The van der Waals surface area contributed by atoms with Crippen LogP contribution in [0.1, 0.15) is 6.92 Å². The van der Waals surface area contributed by atoms with Crippen molar-refractivity contribution in [1.29, 1.82) is 0 Å². The molecule has 0 N–H and O–H groups in total. The van der Waals surface area contributed by atoms with E-state index in [1.165, 1.54) is 0 Å². The van der Waals surface area contributed by atoms with E-state index in [1.807, 2.05) is 18.3 Å². The molecule has 0 saturated heterocycles. The van der Waals surface area contributed by atoms with Crippen LogP contribution in [0.25, 0.3) is 5.65 Å². The van der Waals surface area contributed by atoms with Gasteiger partial charge in [0.05, 0.1) is 6.61 Å². The molecule has 0 unspecified atom stereocenters. The lowest BCUT2D eigenvalue weighted by Crippen LogP contribution is -1.85. The highest BCUT2D eigenvalue weighted by atomic mass is 16.5. The fourth-order valence-electron chi connectivity index (χ4n) is 0.833. The molecular weight excluding hydrogens is 182 g/mol. The molecule has 0 aliphatic rings. The van der Waals surface area contributed by atoms with E-state index in [9.17, 15) is 4.79 Å². The highest BCUT2D eigenvalue weighted by Crippen LogP contribution is 1.93. The third kappa shape index (κ3) is 2.85. The minimum Gasteiger partial charge on any atom is -0.468 e. The molecule has 0 saturated carbocycles. The molecule has 74 valence electrons. The molecule has 0 spiro atoms. The summed E-state index contributed by atoms with van der Waals surface area (Å²) in [5, 5.41) is 4.00. The first-order chi connectivity index (χ1) is 6.88. The molecule has 0 aliphatic heterocycles. The zero-order chi connectivity index (χ0) is 10.2. The van der Waals surface area contributed by atoms with E-state index in [4.69, 9.17) is 0 Å². The van der Waals surface area contributed by atoms with Gasteiger partial charge in [-0.15, -0.1) is 0 Å².